The topological polar surface area (TPSA) is 57.7 Å². The van der Waals surface area contributed by atoms with Crippen LogP contribution in [-0.2, 0) is 10.0 Å². The molecule has 1 heterocycles. The van der Waals surface area contributed by atoms with E-state index in [1.54, 1.807) is 24.3 Å². The van der Waals surface area contributed by atoms with Gasteiger partial charge in [0.25, 0.3) is 5.91 Å². The number of carbonyl (C=O) groups excluding carboxylic acids is 1. The number of likely N-dealkylation sites (tertiary alicyclic amines) is 1. The summed E-state index contributed by atoms with van der Waals surface area (Å²) < 4.78 is 24.6. The number of amides is 1. The maximum Gasteiger partial charge on any atom is 0.256 e. The van der Waals surface area contributed by atoms with E-state index in [9.17, 15) is 13.2 Å². The molecule has 0 bridgehead atoms. The van der Waals surface area contributed by atoms with E-state index < -0.39 is 10.0 Å². The van der Waals surface area contributed by atoms with Crippen molar-refractivity contribution >= 4 is 21.6 Å². The third-order valence-electron chi connectivity index (χ3n) is 3.92. The van der Waals surface area contributed by atoms with Gasteiger partial charge in [-0.15, -0.1) is 0 Å². The molecule has 1 amide bonds. The number of piperidine rings is 1. The normalized spacial score (nSPS) is 19.4. The van der Waals surface area contributed by atoms with E-state index >= 15 is 0 Å². The van der Waals surface area contributed by atoms with Crippen LogP contribution in [0.4, 0.5) is 5.69 Å². The number of benzene rings is 1. The molecule has 1 aliphatic rings. The lowest BCUT2D eigenvalue weighted by Crippen LogP contribution is -2.40. The molecule has 1 aromatic rings. The lowest BCUT2D eigenvalue weighted by molar-refractivity contribution is 0.0684. The summed E-state index contributed by atoms with van der Waals surface area (Å²) in [7, 11) is -1.92. The third-order valence-corrected chi connectivity index (χ3v) is 5.11. The molecule has 6 heteroatoms. The van der Waals surface area contributed by atoms with Gasteiger partial charge in [0.1, 0.15) is 0 Å². The summed E-state index contributed by atoms with van der Waals surface area (Å²) in [6, 6.07) is 6.87. The van der Waals surface area contributed by atoms with Gasteiger partial charge in [-0.05, 0) is 30.9 Å². The zero-order chi connectivity index (χ0) is 15.6. The summed E-state index contributed by atoms with van der Waals surface area (Å²) in [6.45, 7) is 3.60. The van der Waals surface area contributed by atoms with Gasteiger partial charge in [0.05, 0.1) is 17.5 Å². The number of sulfonamides is 1. The van der Waals surface area contributed by atoms with Crippen molar-refractivity contribution in [1.82, 2.24) is 4.90 Å². The van der Waals surface area contributed by atoms with Gasteiger partial charge in [-0.25, -0.2) is 8.42 Å². The molecule has 0 spiro atoms. The van der Waals surface area contributed by atoms with E-state index in [0.29, 0.717) is 17.2 Å². The highest BCUT2D eigenvalue weighted by atomic mass is 32.2. The molecule has 0 aliphatic carbocycles. The SMILES string of the molecule is CC1CCCN(C(=O)c2ccccc2N(C)S(C)(=O)=O)C1. The zero-order valence-corrected chi connectivity index (χ0v) is 13.6. The Bertz CT molecular complexity index is 628. The largest absolute Gasteiger partial charge is 0.338 e. The average Bonchev–Trinajstić information content (AvgIpc) is 2.44. The van der Waals surface area contributed by atoms with E-state index in [-0.39, 0.29) is 5.91 Å². The van der Waals surface area contributed by atoms with Gasteiger partial charge >= 0.3 is 0 Å². The highest BCUT2D eigenvalue weighted by molar-refractivity contribution is 7.92. The average molecular weight is 310 g/mol. The molecule has 0 N–H and O–H groups in total. The highest BCUT2D eigenvalue weighted by Crippen LogP contribution is 2.25. The number of rotatable bonds is 3. The van der Waals surface area contributed by atoms with Gasteiger partial charge in [0.15, 0.2) is 0 Å². The molecule has 1 aliphatic heterocycles. The molecule has 1 unspecified atom stereocenters. The van der Waals surface area contributed by atoms with E-state index in [0.717, 1.165) is 36.5 Å². The van der Waals surface area contributed by atoms with Gasteiger partial charge in [-0.2, -0.15) is 0 Å². The number of nitrogens with zero attached hydrogens (tertiary/aromatic N) is 2. The number of anilines is 1. The van der Waals surface area contributed by atoms with Gasteiger partial charge in [-0.3, -0.25) is 9.10 Å². The first-order chi connectivity index (χ1) is 9.80. The Morgan fingerprint density at radius 3 is 2.62 bits per heavy atom. The maximum atomic E-state index is 12.7. The molecule has 116 valence electrons. The second kappa shape index (κ2) is 6.05. The quantitative estimate of drug-likeness (QED) is 0.857. The van der Waals surface area contributed by atoms with Crippen LogP contribution in [0.15, 0.2) is 24.3 Å². The number of para-hydroxylation sites is 1. The van der Waals surface area contributed by atoms with E-state index in [4.69, 9.17) is 0 Å². The molecule has 1 fully saturated rings. The first-order valence-corrected chi connectivity index (χ1v) is 8.97. The summed E-state index contributed by atoms with van der Waals surface area (Å²) in [6.07, 6.45) is 3.27. The fraction of sp³-hybridized carbons (Fsp3) is 0.533. The molecular formula is C15H22N2O3S. The summed E-state index contributed by atoms with van der Waals surface area (Å²) in [5.41, 5.74) is 0.878. The second-order valence-electron chi connectivity index (χ2n) is 5.75. The molecule has 1 aromatic carbocycles. The first-order valence-electron chi connectivity index (χ1n) is 7.13. The molecule has 0 radical (unpaired) electrons. The van der Waals surface area contributed by atoms with Crippen molar-refractivity contribution in [1.29, 1.82) is 0 Å². The van der Waals surface area contributed by atoms with E-state index in [2.05, 4.69) is 6.92 Å². The lowest BCUT2D eigenvalue weighted by Gasteiger charge is -2.32. The smallest absolute Gasteiger partial charge is 0.256 e. The molecular weight excluding hydrogens is 288 g/mol. The summed E-state index contributed by atoms with van der Waals surface area (Å²) >= 11 is 0. The predicted octanol–water partition coefficient (Wildman–Crippen LogP) is 1.95. The van der Waals surface area contributed by atoms with Crippen LogP contribution in [0.25, 0.3) is 0 Å². The van der Waals surface area contributed by atoms with Gasteiger partial charge in [0.2, 0.25) is 10.0 Å². The molecule has 2 rings (SSSR count). The first kappa shape index (κ1) is 15.8. The maximum absolute atomic E-state index is 12.7. The molecule has 0 aromatic heterocycles. The van der Waals surface area contributed by atoms with Crippen molar-refractivity contribution in [2.24, 2.45) is 5.92 Å². The Kier molecular flexibility index (Phi) is 4.56. The van der Waals surface area contributed by atoms with E-state index in [1.807, 2.05) is 4.90 Å². The Hall–Kier alpha value is -1.56. The van der Waals surface area contributed by atoms with E-state index in [1.165, 1.54) is 7.05 Å². The van der Waals surface area contributed by atoms with Crippen LogP contribution in [0.3, 0.4) is 0 Å². The van der Waals surface area contributed by atoms with Crippen molar-refractivity contribution in [3.8, 4) is 0 Å². The summed E-state index contributed by atoms with van der Waals surface area (Å²) in [5, 5.41) is 0. The molecule has 5 nitrogen and oxygen atoms in total. The predicted molar refractivity (Wildman–Crippen MR) is 84.0 cm³/mol. The van der Waals surface area contributed by atoms with Crippen LogP contribution in [0.2, 0.25) is 0 Å². The minimum atomic E-state index is -3.39. The Morgan fingerprint density at radius 2 is 2.00 bits per heavy atom. The molecule has 1 atom stereocenters. The monoisotopic (exact) mass is 310 g/mol. The zero-order valence-electron chi connectivity index (χ0n) is 12.7. The summed E-state index contributed by atoms with van der Waals surface area (Å²) in [4.78, 5) is 14.5. The fourth-order valence-corrected chi connectivity index (χ4v) is 3.17. The highest BCUT2D eigenvalue weighted by Gasteiger charge is 2.26. The summed E-state index contributed by atoms with van der Waals surface area (Å²) in [5.74, 6) is 0.398. The standard InChI is InChI=1S/C15H22N2O3S/c1-12-7-6-10-17(11-12)15(18)13-8-4-5-9-14(13)16(2)21(3,19)20/h4-5,8-9,12H,6-7,10-11H2,1-3H3. The van der Waals surface area contributed by atoms with Crippen molar-refractivity contribution in [2.45, 2.75) is 19.8 Å². The minimum Gasteiger partial charge on any atom is -0.338 e. The van der Waals surface area contributed by atoms with Gasteiger partial charge in [0, 0.05) is 20.1 Å². The molecule has 21 heavy (non-hydrogen) atoms. The van der Waals surface area contributed by atoms with Crippen LogP contribution in [0.5, 0.6) is 0 Å². The van der Waals surface area contributed by atoms with Crippen molar-refractivity contribution in [3.05, 3.63) is 29.8 Å². The number of carbonyl (C=O) groups is 1. The Labute approximate surface area is 126 Å². The number of hydrogen-bond donors (Lipinski definition) is 0. The van der Waals surface area contributed by atoms with Crippen molar-refractivity contribution in [3.63, 3.8) is 0 Å². The number of hydrogen-bond acceptors (Lipinski definition) is 3. The second-order valence-corrected chi connectivity index (χ2v) is 7.76. The van der Waals surface area contributed by atoms with Crippen molar-refractivity contribution < 1.29 is 13.2 Å². The minimum absolute atomic E-state index is 0.0901. The van der Waals surface area contributed by atoms with Crippen molar-refractivity contribution in [2.75, 3.05) is 30.7 Å². The fourth-order valence-electron chi connectivity index (χ4n) is 2.65. The third kappa shape index (κ3) is 3.56. The van der Waals surface area contributed by atoms with Gasteiger partial charge in [-0.1, -0.05) is 19.1 Å². The molecule has 1 saturated heterocycles. The Balaban J connectivity index is 2.34. The van der Waals surface area contributed by atoms with Crippen LogP contribution < -0.4 is 4.31 Å². The Morgan fingerprint density at radius 1 is 1.33 bits per heavy atom. The van der Waals surface area contributed by atoms with Crippen LogP contribution in [0, 0.1) is 5.92 Å². The van der Waals surface area contributed by atoms with Gasteiger partial charge < -0.3 is 4.90 Å². The van der Waals surface area contributed by atoms with Crippen LogP contribution in [0.1, 0.15) is 30.1 Å². The van der Waals surface area contributed by atoms with Crippen LogP contribution in [-0.4, -0.2) is 45.6 Å². The lowest BCUT2D eigenvalue weighted by atomic mass is 9.99. The molecule has 0 saturated carbocycles. The van der Waals surface area contributed by atoms with Crippen LogP contribution >= 0.6 is 0 Å².